The van der Waals surface area contributed by atoms with Gasteiger partial charge in [-0.05, 0) is 26.7 Å². The van der Waals surface area contributed by atoms with Gasteiger partial charge >= 0.3 is 0 Å². The largest absolute Gasteiger partial charge is 0.312 e. The molecule has 5 nitrogen and oxygen atoms in total. The Morgan fingerprint density at radius 2 is 1.94 bits per heavy atom. The lowest BCUT2D eigenvalue weighted by Crippen LogP contribution is -2.57. The second kappa shape index (κ2) is 5.22. The van der Waals surface area contributed by atoms with E-state index in [1.807, 2.05) is 13.8 Å². The van der Waals surface area contributed by atoms with Gasteiger partial charge in [0.05, 0.1) is 0 Å². The average Bonchev–Trinajstić information content (AvgIpc) is 2.29. The van der Waals surface area contributed by atoms with Crippen molar-refractivity contribution in [3.8, 4) is 0 Å². The zero-order valence-electron chi connectivity index (χ0n) is 10.7. The highest BCUT2D eigenvalue weighted by Crippen LogP contribution is 2.22. The molecule has 2 aliphatic rings. The molecule has 2 heterocycles. The molecule has 0 aromatic heterocycles. The van der Waals surface area contributed by atoms with Crippen LogP contribution in [0.1, 0.15) is 33.1 Å². The maximum absolute atomic E-state index is 12.5. The van der Waals surface area contributed by atoms with Gasteiger partial charge in [-0.2, -0.15) is 17.0 Å². The Balaban J connectivity index is 2.11. The molecular weight excluding hydrogens is 238 g/mol. The summed E-state index contributed by atoms with van der Waals surface area (Å²) >= 11 is 0. The molecule has 2 fully saturated rings. The first-order valence-electron chi connectivity index (χ1n) is 6.52. The summed E-state index contributed by atoms with van der Waals surface area (Å²) in [6.07, 6.45) is 3.12. The summed E-state index contributed by atoms with van der Waals surface area (Å²) in [4.78, 5) is 0. The van der Waals surface area contributed by atoms with Gasteiger partial charge in [-0.15, -0.1) is 0 Å². The Morgan fingerprint density at radius 1 is 1.18 bits per heavy atom. The van der Waals surface area contributed by atoms with Gasteiger partial charge in [-0.1, -0.05) is 6.42 Å². The fourth-order valence-electron chi connectivity index (χ4n) is 2.67. The molecule has 0 aliphatic carbocycles. The van der Waals surface area contributed by atoms with Crippen molar-refractivity contribution in [1.82, 2.24) is 13.9 Å². The molecule has 2 aliphatic heterocycles. The summed E-state index contributed by atoms with van der Waals surface area (Å²) in [5.74, 6) is 0. The molecule has 0 aromatic carbocycles. The number of piperazine rings is 1. The molecule has 0 aromatic rings. The summed E-state index contributed by atoms with van der Waals surface area (Å²) in [5.41, 5.74) is 0. The van der Waals surface area contributed by atoms with Crippen LogP contribution in [0.2, 0.25) is 0 Å². The molecule has 0 spiro atoms. The summed E-state index contributed by atoms with van der Waals surface area (Å²) in [7, 11) is -3.24. The number of piperidine rings is 1. The monoisotopic (exact) mass is 261 g/mol. The van der Waals surface area contributed by atoms with E-state index in [0.717, 1.165) is 25.8 Å². The Kier molecular flexibility index (Phi) is 4.07. The fraction of sp³-hybridized carbons (Fsp3) is 1.00. The van der Waals surface area contributed by atoms with Crippen molar-refractivity contribution in [2.75, 3.05) is 26.2 Å². The first-order valence-corrected chi connectivity index (χ1v) is 7.92. The van der Waals surface area contributed by atoms with Crippen LogP contribution >= 0.6 is 0 Å². The van der Waals surface area contributed by atoms with Crippen LogP contribution in [0.25, 0.3) is 0 Å². The van der Waals surface area contributed by atoms with Crippen LogP contribution in [0.5, 0.6) is 0 Å². The van der Waals surface area contributed by atoms with E-state index >= 15 is 0 Å². The van der Waals surface area contributed by atoms with Crippen LogP contribution in [0.3, 0.4) is 0 Å². The van der Waals surface area contributed by atoms with Gasteiger partial charge in [0.2, 0.25) is 0 Å². The molecule has 0 bridgehead atoms. The van der Waals surface area contributed by atoms with Crippen molar-refractivity contribution < 1.29 is 8.42 Å². The van der Waals surface area contributed by atoms with Crippen LogP contribution < -0.4 is 5.32 Å². The van der Waals surface area contributed by atoms with E-state index in [1.165, 1.54) is 0 Å². The first kappa shape index (κ1) is 13.3. The second-order valence-electron chi connectivity index (χ2n) is 5.18. The molecule has 6 heteroatoms. The van der Waals surface area contributed by atoms with Crippen molar-refractivity contribution in [2.24, 2.45) is 0 Å². The molecule has 1 N–H and O–H groups in total. The lowest BCUT2D eigenvalue weighted by Gasteiger charge is -2.39. The molecule has 0 amide bonds. The zero-order valence-corrected chi connectivity index (χ0v) is 11.5. The number of hydrogen-bond donors (Lipinski definition) is 1. The van der Waals surface area contributed by atoms with Gasteiger partial charge in [0.25, 0.3) is 10.2 Å². The van der Waals surface area contributed by atoms with Gasteiger partial charge in [0, 0.05) is 38.3 Å². The predicted octanol–water partition coefficient (Wildman–Crippen LogP) is 0.399. The molecule has 2 saturated heterocycles. The predicted molar refractivity (Wildman–Crippen MR) is 68.0 cm³/mol. The van der Waals surface area contributed by atoms with Crippen molar-refractivity contribution in [1.29, 1.82) is 0 Å². The molecule has 0 saturated carbocycles. The van der Waals surface area contributed by atoms with E-state index < -0.39 is 10.2 Å². The van der Waals surface area contributed by atoms with Gasteiger partial charge in [-0.25, -0.2) is 0 Å². The normalized spacial score (nSPS) is 33.8. The zero-order chi connectivity index (χ0) is 12.5. The Hall–Kier alpha value is -0.170. The third kappa shape index (κ3) is 2.81. The molecule has 0 radical (unpaired) electrons. The van der Waals surface area contributed by atoms with Crippen LogP contribution in [0.15, 0.2) is 0 Å². The highest BCUT2D eigenvalue weighted by molar-refractivity contribution is 7.86. The van der Waals surface area contributed by atoms with Crippen LogP contribution in [0.4, 0.5) is 0 Å². The van der Waals surface area contributed by atoms with Gasteiger partial charge in [-0.3, -0.25) is 0 Å². The Labute approximate surface area is 104 Å². The maximum Gasteiger partial charge on any atom is 0.282 e. The third-order valence-corrected chi connectivity index (χ3v) is 5.82. The third-order valence-electron chi connectivity index (χ3n) is 3.70. The van der Waals surface area contributed by atoms with Gasteiger partial charge in [0.1, 0.15) is 0 Å². The number of hydrogen-bond acceptors (Lipinski definition) is 3. The summed E-state index contributed by atoms with van der Waals surface area (Å²) < 4.78 is 28.4. The molecule has 1 unspecified atom stereocenters. The van der Waals surface area contributed by atoms with Gasteiger partial charge < -0.3 is 5.32 Å². The van der Waals surface area contributed by atoms with Crippen molar-refractivity contribution in [3.05, 3.63) is 0 Å². The van der Waals surface area contributed by atoms with E-state index in [-0.39, 0.29) is 12.1 Å². The highest BCUT2D eigenvalue weighted by atomic mass is 32.2. The number of nitrogens with zero attached hydrogens (tertiary/aromatic N) is 2. The number of nitrogens with one attached hydrogen (secondary N) is 1. The lowest BCUT2D eigenvalue weighted by molar-refractivity contribution is 0.228. The first-order chi connectivity index (χ1) is 8.01. The summed E-state index contributed by atoms with van der Waals surface area (Å²) in [5, 5.41) is 3.27. The standard InChI is InChI=1S/C11H23N3O2S/c1-10-9-13(8-6-12-10)17(15,16)14-7-4-3-5-11(14)2/h10-12H,3-9H2,1-2H3/t10-,11?/m0/s1. The minimum atomic E-state index is -3.24. The van der Waals surface area contributed by atoms with E-state index in [0.29, 0.717) is 19.6 Å². The molecule has 100 valence electrons. The minimum absolute atomic E-state index is 0.152. The minimum Gasteiger partial charge on any atom is -0.312 e. The fourth-order valence-corrected chi connectivity index (χ4v) is 4.62. The van der Waals surface area contributed by atoms with E-state index in [1.54, 1.807) is 8.61 Å². The van der Waals surface area contributed by atoms with E-state index in [9.17, 15) is 8.42 Å². The smallest absolute Gasteiger partial charge is 0.282 e. The van der Waals surface area contributed by atoms with Crippen LogP contribution in [-0.4, -0.2) is 55.3 Å². The van der Waals surface area contributed by atoms with Gasteiger partial charge in [0.15, 0.2) is 0 Å². The van der Waals surface area contributed by atoms with E-state index in [2.05, 4.69) is 5.32 Å². The summed E-state index contributed by atoms with van der Waals surface area (Å²) in [6, 6.07) is 0.401. The topological polar surface area (TPSA) is 52.7 Å². The van der Waals surface area contributed by atoms with E-state index in [4.69, 9.17) is 0 Å². The highest BCUT2D eigenvalue weighted by Gasteiger charge is 2.35. The second-order valence-corrected chi connectivity index (χ2v) is 7.06. The maximum atomic E-state index is 12.5. The lowest BCUT2D eigenvalue weighted by atomic mass is 10.1. The molecule has 2 atom stereocenters. The Bertz CT molecular complexity index is 358. The molecule has 17 heavy (non-hydrogen) atoms. The number of rotatable bonds is 2. The van der Waals surface area contributed by atoms with Crippen molar-refractivity contribution in [3.63, 3.8) is 0 Å². The van der Waals surface area contributed by atoms with Crippen molar-refractivity contribution >= 4 is 10.2 Å². The van der Waals surface area contributed by atoms with Crippen LogP contribution in [-0.2, 0) is 10.2 Å². The van der Waals surface area contributed by atoms with Crippen LogP contribution in [0, 0.1) is 0 Å². The quantitative estimate of drug-likeness (QED) is 0.783. The molecular formula is C11H23N3O2S. The Morgan fingerprint density at radius 3 is 2.59 bits per heavy atom. The van der Waals surface area contributed by atoms with Crippen molar-refractivity contribution in [2.45, 2.75) is 45.2 Å². The SMILES string of the molecule is CC1CCCCN1S(=O)(=O)N1CCN[C@@H](C)C1. The summed E-state index contributed by atoms with van der Waals surface area (Å²) in [6.45, 7) is 6.66. The average molecular weight is 261 g/mol. The molecule has 2 rings (SSSR count).